The van der Waals surface area contributed by atoms with Crippen molar-refractivity contribution in [3.63, 3.8) is 0 Å². The van der Waals surface area contributed by atoms with Crippen molar-refractivity contribution < 1.29 is 4.79 Å². The van der Waals surface area contributed by atoms with Crippen LogP contribution in [0.2, 0.25) is 0 Å². The maximum absolute atomic E-state index is 11.9. The summed E-state index contributed by atoms with van der Waals surface area (Å²) in [6, 6.07) is 2.10. The van der Waals surface area contributed by atoms with Crippen molar-refractivity contribution in [2.45, 2.75) is 45.6 Å². The number of H-pyrrole nitrogens is 1. The van der Waals surface area contributed by atoms with Gasteiger partial charge in [0, 0.05) is 37.1 Å². The molecule has 1 fully saturated rings. The average Bonchev–Trinajstić information content (AvgIpc) is 2.45. The maximum Gasteiger partial charge on any atom is 0.256 e. The zero-order chi connectivity index (χ0) is 15.2. The Balaban J connectivity index is 1.75. The highest BCUT2D eigenvalue weighted by atomic mass is 16.2. The number of piperidine rings is 1. The normalized spacial score (nSPS) is 19.4. The van der Waals surface area contributed by atoms with Gasteiger partial charge in [-0.15, -0.1) is 0 Å². The van der Waals surface area contributed by atoms with Crippen LogP contribution in [-0.2, 0) is 0 Å². The lowest BCUT2D eigenvalue weighted by molar-refractivity contribution is 0.0947. The van der Waals surface area contributed by atoms with Gasteiger partial charge in [-0.2, -0.15) is 0 Å². The lowest BCUT2D eigenvalue weighted by Crippen LogP contribution is -2.39. The fourth-order valence-electron chi connectivity index (χ4n) is 2.82. The second-order valence-electron chi connectivity index (χ2n) is 5.88. The Hall–Kier alpha value is -1.62. The third-order valence-corrected chi connectivity index (χ3v) is 4.15. The van der Waals surface area contributed by atoms with Gasteiger partial charge in [-0.3, -0.25) is 9.59 Å². The molecule has 1 saturated heterocycles. The van der Waals surface area contributed by atoms with E-state index in [-0.39, 0.29) is 16.9 Å². The van der Waals surface area contributed by atoms with E-state index in [0.717, 1.165) is 25.2 Å². The number of pyridine rings is 1. The second-order valence-corrected chi connectivity index (χ2v) is 5.88. The van der Waals surface area contributed by atoms with E-state index < -0.39 is 0 Å². The van der Waals surface area contributed by atoms with Crippen LogP contribution in [0.4, 0.5) is 0 Å². The number of likely N-dealkylation sites (tertiary alicyclic amines) is 1. The molecule has 0 saturated carbocycles. The van der Waals surface area contributed by atoms with Crippen molar-refractivity contribution in [1.29, 1.82) is 0 Å². The lowest BCUT2D eigenvalue weighted by Gasteiger charge is -2.33. The zero-order valence-corrected chi connectivity index (χ0v) is 12.9. The van der Waals surface area contributed by atoms with Crippen molar-refractivity contribution >= 4 is 5.91 Å². The highest BCUT2D eigenvalue weighted by Gasteiger charge is 2.17. The Morgan fingerprint density at radius 2 is 2.29 bits per heavy atom. The van der Waals surface area contributed by atoms with E-state index in [0.29, 0.717) is 12.6 Å². The molecule has 0 radical (unpaired) electrons. The molecule has 5 heteroatoms. The molecule has 116 valence electrons. The number of amides is 1. The number of nitrogens with one attached hydrogen (secondary N) is 2. The minimum atomic E-state index is -0.289. The quantitative estimate of drug-likeness (QED) is 0.811. The Morgan fingerprint density at radius 1 is 1.48 bits per heavy atom. The summed E-state index contributed by atoms with van der Waals surface area (Å²) in [6.07, 6.45) is 6.27. The van der Waals surface area contributed by atoms with Crippen LogP contribution in [0.1, 0.15) is 48.7 Å². The van der Waals surface area contributed by atoms with Gasteiger partial charge >= 0.3 is 0 Å². The van der Waals surface area contributed by atoms with Gasteiger partial charge in [0.15, 0.2) is 5.43 Å². The van der Waals surface area contributed by atoms with Gasteiger partial charge in [0.05, 0.1) is 0 Å². The van der Waals surface area contributed by atoms with E-state index in [2.05, 4.69) is 22.1 Å². The number of hydrogen-bond acceptors (Lipinski definition) is 3. The van der Waals surface area contributed by atoms with Gasteiger partial charge in [-0.05, 0) is 39.7 Å². The van der Waals surface area contributed by atoms with Crippen LogP contribution in [0.25, 0.3) is 0 Å². The Morgan fingerprint density at radius 3 is 3.00 bits per heavy atom. The molecule has 1 amide bonds. The zero-order valence-electron chi connectivity index (χ0n) is 12.9. The van der Waals surface area contributed by atoms with Gasteiger partial charge in [0.25, 0.3) is 5.91 Å². The third kappa shape index (κ3) is 4.43. The van der Waals surface area contributed by atoms with Gasteiger partial charge in [-0.25, -0.2) is 0 Å². The van der Waals surface area contributed by atoms with Crippen molar-refractivity contribution in [3.05, 3.63) is 33.7 Å². The Labute approximate surface area is 125 Å². The molecule has 1 unspecified atom stereocenters. The summed E-state index contributed by atoms with van der Waals surface area (Å²) in [7, 11) is 0. The Kier molecular flexibility index (Phi) is 5.56. The molecule has 2 rings (SSSR count). The topological polar surface area (TPSA) is 65.2 Å². The monoisotopic (exact) mass is 291 g/mol. The summed E-state index contributed by atoms with van der Waals surface area (Å²) >= 11 is 0. The number of aromatic nitrogens is 1. The van der Waals surface area contributed by atoms with Crippen molar-refractivity contribution in [2.75, 3.05) is 19.6 Å². The van der Waals surface area contributed by atoms with Gasteiger partial charge in [0.2, 0.25) is 0 Å². The first kappa shape index (κ1) is 15.8. The van der Waals surface area contributed by atoms with Crippen molar-refractivity contribution in [1.82, 2.24) is 15.2 Å². The average molecular weight is 291 g/mol. The summed E-state index contributed by atoms with van der Waals surface area (Å²) in [5.41, 5.74) is 0.718. The predicted octanol–water partition coefficient (Wildman–Crippen LogP) is 1.68. The first-order valence-corrected chi connectivity index (χ1v) is 7.79. The molecule has 1 aliphatic heterocycles. The SMILES string of the molecule is Cc1cc(=O)c(C(=O)NCCCN2CCCCC2C)c[nH]1. The van der Waals surface area contributed by atoms with Crippen molar-refractivity contribution in [2.24, 2.45) is 0 Å². The molecule has 2 heterocycles. The molecule has 1 aromatic heterocycles. The Bertz CT molecular complexity index is 539. The summed E-state index contributed by atoms with van der Waals surface area (Å²) in [4.78, 5) is 29.0. The van der Waals surface area contributed by atoms with Crippen LogP contribution >= 0.6 is 0 Å². The minimum Gasteiger partial charge on any atom is -0.364 e. The van der Waals surface area contributed by atoms with Gasteiger partial charge in [-0.1, -0.05) is 6.42 Å². The molecule has 0 spiro atoms. The van der Waals surface area contributed by atoms with Crippen molar-refractivity contribution in [3.8, 4) is 0 Å². The summed E-state index contributed by atoms with van der Waals surface area (Å²) in [5, 5.41) is 2.83. The predicted molar refractivity (Wildman–Crippen MR) is 83.6 cm³/mol. The molecule has 1 aromatic rings. The van der Waals surface area contributed by atoms with Crippen LogP contribution < -0.4 is 10.7 Å². The molecule has 21 heavy (non-hydrogen) atoms. The first-order valence-electron chi connectivity index (χ1n) is 7.79. The molecule has 0 aromatic carbocycles. The molecule has 1 aliphatic rings. The van der Waals surface area contributed by atoms with E-state index >= 15 is 0 Å². The van der Waals surface area contributed by atoms with Crippen LogP contribution in [0.15, 0.2) is 17.1 Å². The van der Waals surface area contributed by atoms with E-state index in [4.69, 9.17) is 0 Å². The third-order valence-electron chi connectivity index (χ3n) is 4.15. The maximum atomic E-state index is 11.9. The minimum absolute atomic E-state index is 0.187. The lowest BCUT2D eigenvalue weighted by atomic mass is 10.0. The molecule has 0 bridgehead atoms. The summed E-state index contributed by atoms with van der Waals surface area (Å²) < 4.78 is 0. The van der Waals surface area contributed by atoms with Crippen LogP contribution in [-0.4, -0.2) is 41.5 Å². The van der Waals surface area contributed by atoms with E-state index in [1.165, 1.54) is 31.5 Å². The number of aromatic amines is 1. The van der Waals surface area contributed by atoms with E-state index in [9.17, 15) is 9.59 Å². The number of carbonyl (C=O) groups is 1. The largest absolute Gasteiger partial charge is 0.364 e. The van der Waals surface area contributed by atoms with Crippen LogP contribution in [0.5, 0.6) is 0 Å². The van der Waals surface area contributed by atoms with E-state index in [1.54, 1.807) is 6.92 Å². The second kappa shape index (κ2) is 7.41. The summed E-state index contributed by atoms with van der Waals surface area (Å²) in [6.45, 7) is 6.83. The number of carbonyl (C=O) groups excluding carboxylic acids is 1. The number of aryl methyl sites for hydroxylation is 1. The number of nitrogens with zero attached hydrogens (tertiary/aromatic N) is 1. The number of rotatable bonds is 5. The van der Waals surface area contributed by atoms with Gasteiger partial charge < -0.3 is 15.2 Å². The standard InChI is InChI=1S/C16H25N3O2/c1-12-10-15(20)14(11-18-12)16(21)17-7-5-9-19-8-4-3-6-13(19)2/h10-11,13H,3-9H2,1-2H3,(H,17,21)(H,18,20). The molecular formula is C16H25N3O2. The number of hydrogen-bond donors (Lipinski definition) is 2. The van der Waals surface area contributed by atoms with Gasteiger partial charge in [0.1, 0.15) is 5.56 Å². The fourth-order valence-corrected chi connectivity index (χ4v) is 2.82. The fraction of sp³-hybridized carbons (Fsp3) is 0.625. The smallest absolute Gasteiger partial charge is 0.256 e. The first-order chi connectivity index (χ1) is 10.1. The molecule has 0 aliphatic carbocycles. The molecule has 5 nitrogen and oxygen atoms in total. The molecule has 2 N–H and O–H groups in total. The highest BCUT2D eigenvalue weighted by Crippen LogP contribution is 2.15. The highest BCUT2D eigenvalue weighted by molar-refractivity contribution is 5.93. The van der Waals surface area contributed by atoms with Crippen LogP contribution in [0.3, 0.4) is 0 Å². The molecular weight excluding hydrogens is 266 g/mol. The molecule has 1 atom stereocenters. The van der Waals surface area contributed by atoms with Crippen LogP contribution in [0, 0.1) is 6.92 Å². The summed E-state index contributed by atoms with van der Waals surface area (Å²) in [5.74, 6) is -0.289. The van der Waals surface area contributed by atoms with E-state index in [1.807, 2.05) is 0 Å².